The fourth-order valence-electron chi connectivity index (χ4n) is 0. The van der Waals surface area contributed by atoms with Crippen molar-refractivity contribution >= 4 is 30.7 Å². The van der Waals surface area contributed by atoms with Crippen molar-refractivity contribution in [3.8, 4) is 0 Å². The van der Waals surface area contributed by atoms with Crippen LogP contribution in [0.4, 0.5) is 8.19 Å². The van der Waals surface area contributed by atoms with Crippen LogP contribution in [-0.4, -0.2) is 30.7 Å². The van der Waals surface area contributed by atoms with Crippen LogP contribution in [0, 0.1) is 0 Å². The molecule has 0 aromatic rings. The van der Waals surface area contributed by atoms with Crippen molar-refractivity contribution in [1.82, 2.24) is 0 Å². The molecule has 0 aliphatic heterocycles. The maximum atomic E-state index is 9.94. The summed E-state index contributed by atoms with van der Waals surface area (Å²) in [5.74, 6) is 0. The third-order valence-corrected chi connectivity index (χ3v) is 0. The molecule has 0 saturated heterocycles. The Morgan fingerprint density at radius 1 is 0.571 bits per heavy atom. The van der Waals surface area contributed by atoms with E-state index in [9.17, 15) is 8.19 Å². The number of hydrogen-bond acceptors (Lipinski definition) is 0. The summed E-state index contributed by atoms with van der Waals surface area (Å²) in [6, 6.07) is 0. The molecule has 0 aromatic heterocycles. The summed E-state index contributed by atoms with van der Waals surface area (Å²) in [6.07, 6.45) is 0. The van der Waals surface area contributed by atoms with Crippen LogP contribution in [0.25, 0.3) is 0 Å². The van der Waals surface area contributed by atoms with Gasteiger partial charge in [-0.1, -0.05) is 0 Å². The van der Waals surface area contributed by atoms with E-state index in [1.165, 1.54) is 0 Å². The minimum absolute atomic E-state index is 9.94. The summed E-state index contributed by atoms with van der Waals surface area (Å²) in [7, 11) is 0. The molecule has 0 aliphatic rings. The molecule has 0 heterocycles. The number of hydrogen-bond donors (Lipinski definition) is 0. The molecule has 7 heavy (non-hydrogen) atoms. The van der Waals surface area contributed by atoms with Crippen molar-refractivity contribution in [3.05, 3.63) is 0 Å². The van der Waals surface area contributed by atoms with E-state index in [4.69, 9.17) is 0 Å². The van der Waals surface area contributed by atoms with Crippen LogP contribution in [0.15, 0.2) is 0 Å². The zero-order valence-corrected chi connectivity index (χ0v) is 5.18. The van der Waals surface area contributed by atoms with Gasteiger partial charge in [0.2, 0.25) is 0 Å². The van der Waals surface area contributed by atoms with Crippen LogP contribution in [0.2, 0.25) is 0 Å². The van der Waals surface area contributed by atoms with E-state index in [1.54, 1.807) is 0 Å². The molecule has 0 bridgehead atoms. The van der Waals surface area contributed by atoms with Gasteiger partial charge in [-0.25, -0.2) is 0 Å². The average Bonchev–Trinajstić information content (AvgIpc) is 0.592. The molecule has 0 amide bonds. The van der Waals surface area contributed by atoms with E-state index in [0.29, 0.717) is 0 Å². The Balaban J connectivity index is 4.43. The van der Waals surface area contributed by atoms with E-state index in [0.717, 1.165) is 0 Å². The van der Waals surface area contributed by atoms with Crippen molar-refractivity contribution in [3.63, 3.8) is 0 Å². The molecule has 0 nitrogen and oxygen atoms in total. The zero-order chi connectivity index (χ0) is 6.41. The second-order valence-corrected chi connectivity index (χ2v) is 6.25. The fourth-order valence-corrected chi connectivity index (χ4v) is 0. The summed E-state index contributed by atoms with van der Waals surface area (Å²) in [6.45, 7) is 0. The quantitative estimate of drug-likeness (QED) is 0.370. The van der Waals surface area contributed by atoms with Crippen molar-refractivity contribution in [2.45, 2.75) is 0 Å². The van der Waals surface area contributed by atoms with Gasteiger partial charge in [0.15, 0.2) is 0 Å². The van der Waals surface area contributed by atoms with Crippen LogP contribution in [0.5, 0.6) is 0 Å². The van der Waals surface area contributed by atoms with Crippen LogP contribution >= 0.6 is 0 Å². The van der Waals surface area contributed by atoms with Crippen LogP contribution < -0.4 is 0 Å². The van der Waals surface area contributed by atoms with Gasteiger partial charge in [0, 0.05) is 0 Å². The summed E-state index contributed by atoms with van der Waals surface area (Å²) < 4.78 is 59.6. The summed E-state index contributed by atoms with van der Waals surface area (Å²) >= 11 is -11.4. The van der Waals surface area contributed by atoms with Gasteiger partial charge in [0.05, 0.1) is 0 Å². The minimum atomic E-state index is -11.4. The van der Waals surface area contributed by atoms with E-state index < -0.39 is 30.7 Å². The molecular weight excluding hydrogens is 154 g/mol. The molecule has 0 N–H and O–H groups in total. The summed E-state index contributed by atoms with van der Waals surface area (Å²) in [4.78, 5) is 0. The summed E-state index contributed by atoms with van der Waals surface area (Å²) in [5, 5.41) is 0. The topological polar surface area (TPSA) is 0 Å². The molecule has 0 atom stereocenters. The van der Waals surface area contributed by atoms with Crippen molar-refractivity contribution in [1.29, 1.82) is 0 Å². The van der Waals surface area contributed by atoms with E-state index in [1.807, 2.05) is 0 Å². The molecule has 0 saturated carbocycles. The Hall–Kier alpha value is 0.840. The molecular formula is CaF6. The van der Waals surface area contributed by atoms with E-state index in [-0.39, 0.29) is 0 Å². The Morgan fingerprint density at radius 3 is 0.571 bits per heavy atom. The van der Waals surface area contributed by atoms with E-state index >= 15 is 0 Å². The number of rotatable bonds is 0. The fraction of sp³-hybridized carbons (Fsp3) is 0. The van der Waals surface area contributed by atoms with Gasteiger partial charge < -0.3 is 0 Å². The molecule has 0 radical (unpaired) electrons. The molecule has 0 aliphatic carbocycles. The normalized spacial score (nSPS) is 18.0. The molecule has 7 heteroatoms. The van der Waals surface area contributed by atoms with Crippen molar-refractivity contribution in [2.24, 2.45) is 0 Å². The Morgan fingerprint density at radius 2 is 0.571 bits per heavy atom. The maximum absolute atomic E-state index is 11.4. The third kappa shape index (κ3) is 227. The Bertz CT molecular complexity index is 62.7. The Labute approximate surface area is 38.8 Å². The predicted molar refractivity (Wildman–Crippen MR) is 12.4 cm³/mol. The van der Waals surface area contributed by atoms with Crippen LogP contribution in [0.1, 0.15) is 0 Å². The SMILES string of the molecule is [F][Ca]([F])([F])([F])([F])[F]. The van der Waals surface area contributed by atoms with Crippen LogP contribution in [-0.2, 0) is 0 Å². The predicted octanol–water partition coefficient (Wildman–Crippen LogP) is 2.14. The first-order chi connectivity index (χ1) is 2.45. The molecule has 0 fully saturated rings. The molecule has 0 spiro atoms. The standard InChI is InChI=1S/Ca.6FH/h;6*1H/q+6;;;;;;/p-6. The van der Waals surface area contributed by atoms with Gasteiger partial charge in [-0.3, -0.25) is 0 Å². The van der Waals surface area contributed by atoms with Gasteiger partial charge >= 0.3 is 38.9 Å². The summed E-state index contributed by atoms with van der Waals surface area (Å²) in [5.41, 5.74) is 0. The second-order valence-electron chi connectivity index (χ2n) is 1.52. The second kappa shape index (κ2) is 0.930. The molecule has 44 valence electrons. The van der Waals surface area contributed by atoms with Gasteiger partial charge in [0.1, 0.15) is 0 Å². The first kappa shape index (κ1) is 7.84. The first-order valence-corrected chi connectivity index (χ1v) is 6.61. The van der Waals surface area contributed by atoms with Crippen LogP contribution in [0.3, 0.4) is 0 Å². The zero-order valence-electron chi connectivity index (χ0n) is 2.97. The molecule has 0 rings (SSSR count). The third-order valence-electron chi connectivity index (χ3n) is 0. The monoisotopic (exact) mass is 154 g/mol. The van der Waals surface area contributed by atoms with Gasteiger partial charge in [-0.05, 0) is 0 Å². The average molecular weight is 154 g/mol. The van der Waals surface area contributed by atoms with E-state index in [2.05, 4.69) is 0 Å². The Kier molecular flexibility index (Phi) is 1.04. The molecule has 0 unspecified atom stereocenters. The van der Waals surface area contributed by atoms with Gasteiger partial charge in [-0.15, -0.1) is 0 Å². The molecule has 0 aromatic carbocycles. The first-order valence-electron chi connectivity index (χ1n) is 1.60. The van der Waals surface area contributed by atoms with Gasteiger partial charge in [0.25, 0.3) is 0 Å². The van der Waals surface area contributed by atoms with Gasteiger partial charge in [-0.2, -0.15) is 0 Å². The van der Waals surface area contributed by atoms with Crippen molar-refractivity contribution in [2.75, 3.05) is 0 Å². The van der Waals surface area contributed by atoms with Crippen molar-refractivity contribution < 1.29 is 8.19 Å². The number of halogens is 6.